The molecule has 0 spiro atoms. The minimum absolute atomic E-state index is 0.108. The van der Waals surface area contributed by atoms with Gasteiger partial charge in [-0.1, -0.05) is 11.6 Å². The van der Waals surface area contributed by atoms with Crippen LogP contribution in [-0.4, -0.2) is 9.97 Å². The Labute approximate surface area is 70.8 Å². The Morgan fingerprint density at radius 1 is 1.70 bits per heavy atom. The molecule has 0 aromatic carbocycles. The summed E-state index contributed by atoms with van der Waals surface area (Å²) in [5.41, 5.74) is 0. The lowest BCUT2D eigenvalue weighted by Crippen LogP contribution is -1.87. The first kappa shape index (κ1) is 7.45. The predicted octanol–water partition coefficient (Wildman–Crippen LogP) is 1.76. The molecule has 3 nitrogen and oxygen atoms in total. The maximum atomic E-state index is 8.31. The molecule has 0 unspecified atom stereocenters. The van der Waals surface area contributed by atoms with Gasteiger partial charge in [0.15, 0.2) is 0 Å². The van der Waals surface area contributed by atoms with E-state index in [0.29, 0.717) is 9.63 Å². The molecule has 0 saturated carbocycles. The van der Waals surface area contributed by atoms with Crippen LogP contribution in [0.4, 0.5) is 0 Å². The highest BCUT2D eigenvalue weighted by Gasteiger charge is 1.99. The second kappa shape index (κ2) is 2.95. The van der Waals surface area contributed by atoms with Crippen LogP contribution in [0.3, 0.4) is 0 Å². The third-order valence-corrected chi connectivity index (χ3v) is 1.91. The van der Waals surface area contributed by atoms with Crippen molar-refractivity contribution in [2.45, 2.75) is 0 Å². The van der Waals surface area contributed by atoms with Crippen molar-refractivity contribution in [2.75, 3.05) is 0 Å². The maximum Gasteiger partial charge on any atom is 0.233 e. The highest BCUT2D eigenvalue weighted by atomic mass is 79.9. The summed E-state index contributed by atoms with van der Waals surface area (Å²) < 4.78 is 0.445. The summed E-state index contributed by atoms with van der Waals surface area (Å²) in [6.07, 6.45) is 1.37. The van der Waals surface area contributed by atoms with Gasteiger partial charge < -0.3 is 0 Å². The van der Waals surface area contributed by atoms with Crippen LogP contribution in [0.25, 0.3) is 0 Å². The molecule has 50 valence electrons. The van der Waals surface area contributed by atoms with E-state index in [1.165, 1.54) is 6.20 Å². The summed E-state index contributed by atoms with van der Waals surface area (Å²) in [6, 6.07) is 1.78. The van der Waals surface area contributed by atoms with E-state index in [2.05, 4.69) is 25.9 Å². The number of nitrogens with zero attached hydrogens (tertiary/aromatic N) is 3. The highest BCUT2D eigenvalue weighted by molar-refractivity contribution is 9.10. The summed E-state index contributed by atoms with van der Waals surface area (Å²) in [5.74, 6) is 0.108. The van der Waals surface area contributed by atoms with Crippen molar-refractivity contribution >= 4 is 27.5 Å². The number of hydrogen-bond acceptors (Lipinski definition) is 3. The molecule has 0 aliphatic heterocycles. The summed E-state index contributed by atoms with van der Waals surface area (Å²) in [4.78, 5) is 7.33. The number of nitriles is 1. The summed E-state index contributed by atoms with van der Waals surface area (Å²) >= 11 is 8.61. The zero-order valence-electron chi connectivity index (χ0n) is 4.67. The second-order valence-electron chi connectivity index (χ2n) is 1.44. The predicted molar refractivity (Wildman–Crippen MR) is 39.5 cm³/mol. The van der Waals surface area contributed by atoms with Gasteiger partial charge in [0.25, 0.3) is 0 Å². The van der Waals surface area contributed by atoms with Gasteiger partial charge in [-0.3, -0.25) is 0 Å². The molecule has 0 fully saturated rings. The molecule has 1 rings (SSSR count). The van der Waals surface area contributed by atoms with Crippen molar-refractivity contribution in [3.63, 3.8) is 0 Å². The van der Waals surface area contributed by atoms with Crippen molar-refractivity contribution in [1.29, 1.82) is 5.26 Å². The van der Waals surface area contributed by atoms with E-state index in [9.17, 15) is 0 Å². The van der Waals surface area contributed by atoms with Gasteiger partial charge in [-0.2, -0.15) is 5.26 Å². The number of halogens is 2. The van der Waals surface area contributed by atoms with Crippen molar-refractivity contribution in [3.05, 3.63) is 21.6 Å². The van der Waals surface area contributed by atoms with E-state index < -0.39 is 0 Å². The van der Waals surface area contributed by atoms with Gasteiger partial charge in [-0.15, -0.1) is 0 Å². The van der Waals surface area contributed by atoms with Crippen LogP contribution in [0.5, 0.6) is 0 Å². The molecule has 0 aliphatic rings. The normalized spacial score (nSPS) is 8.90. The molecule has 5 heteroatoms. The molecule has 0 radical (unpaired) electrons. The minimum Gasteiger partial charge on any atom is -0.226 e. The van der Waals surface area contributed by atoms with Gasteiger partial charge in [0, 0.05) is 0 Å². The average Bonchev–Trinajstić information content (AvgIpc) is 1.95. The Kier molecular flexibility index (Phi) is 2.20. The van der Waals surface area contributed by atoms with E-state index in [0.717, 1.165) is 0 Å². The van der Waals surface area contributed by atoms with Crippen molar-refractivity contribution in [2.24, 2.45) is 0 Å². The number of rotatable bonds is 0. The van der Waals surface area contributed by atoms with Crippen LogP contribution in [0.15, 0.2) is 10.8 Å². The molecule has 0 amide bonds. The lowest BCUT2D eigenvalue weighted by molar-refractivity contribution is 1.09. The standard InChI is InChI=1S/C5HBrClN3/c6-5-3(7)2-9-4(1-8)10-5/h2H. The molecular weight excluding hydrogens is 217 g/mol. The Morgan fingerprint density at radius 3 is 2.90 bits per heavy atom. The molecule has 0 N–H and O–H groups in total. The third-order valence-electron chi connectivity index (χ3n) is 0.801. The molecule has 1 heterocycles. The second-order valence-corrected chi connectivity index (χ2v) is 2.60. The van der Waals surface area contributed by atoms with Crippen molar-refractivity contribution < 1.29 is 0 Å². The molecule has 0 bridgehead atoms. The molecule has 1 aromatic heterocycles. The van der Waals surface area contributed by atoms with Crippen molar-refractivity contribution in [1.82, 2.24) is 9.97 Å². The molecule has 0 aliphatic carbocycles. The smallest absolute Gasteiger partial charge is 0.226 e. The van der Waals surface area contributed by atoms with Crippen LogP contribution >= 0.6 is 27.5 Å². The SMILES string of the molecule is N#Cc1ncc(Cl)c(Br)n1. The highest BCUT2D eigenvalue weighted by Crippen LogP contribution is 2.17. The van der Waals surface area contributed by atoms with Crippen LogP contribution < -0.4 is 0 Å². The fraction of sp³-hybridized carbons (Fsp3) is 0. The summed E-state index contributed by atoms with van der Waals surface area (Å²) in [6.45, 7) is 0. The largest absolute Gasteiger partial charge is 0.233 e. The lowest BCUT2D eigenvalue weighted by atomic mass is 10.6. The van der Waals surface area contributed by atoms with E-state index in [4.69, 9.17) is 16.9 Å². The van der Waals surface area contributed by atoms with E-state index in [1.807, 2.05) is 0 Å². The van der Waals surface area contributed by atoms with Crippen molar-refractivity contribution in [3.8, 4) is 6.07 Å². The summed E-state index contributed by atoms with van der Waals surface area (Å²) in [7, 11) is 0. The molecule has 0 atom stereocenters. The lowest BCUT2D eigenvalue weighted by Gasteiger charge is -1.91. The summed E-state index contributed by atoms with van der Waals surface area (Å²) in [5, 5.41) is 8.72. The molecule has 0 saturated heterocycles. The van der Waals surface area contributed by atoms with E-state index in [1.54, 1.807) is 6.07 Å². The van der Waals surface area contributed by atoms with Crippen LogP contribution in [0.1, 0.15) is 5.82 Å². The topological polar surface area (TPSA) is 49.6 Å². The first-order valence-corrected chi connectivity index (χ1v) is 3.49. The Bertz CT molecular complexity index is 293. The van der Waals surface area contributed by atoms with Gasteiger partial charge in [-0.25, -0.2) is 9.97 Å². The maximum absolute atomic E-state index is 8.31. The Morgan fingerprint density at radius 2 is 2.40 bits per heavy atom. The average molecular weight is 218 g/mol. The van der Waals surface area contributed by atoms with Gasteiger partial charge >= 0.3 is 0 Å². The van der Waals surface area contributed by atoms with Gasteiger partial charge in [0.05, 0.1) is 11.2 Å². The molecule has 10 heavy (non-hydrogen) atoms. The molecular formula is C5HBrClN3. The third kappa shape index (κ3) is 1.43. The first-order valence-electron chi connectivity index (χ1n) is 2.32. The van der Waals surface area contributed by atoms with Crippen LogP contribution in [0, 0.1) is 11.3 Å². The Balaban J connectivity index is 3.20. The fourth-order valence-corrected chi connectivity index (χ4v) is 0.762. The number of hydrogen-bond donors (Lipinski definition) is 0. The Hall–Kier alpha value is -0.660. The van der Waals surface area contributed by atoms with Crippen LogP contribution in [0.2, 0.25) is 5.02 Å². The zero-order chi connectivity index (χ0) is 7.56. The molecule has 1 aromatic rings. The first-order chi connectivity index (χ1) is 4.74. The van der Waals surface area contributed by atoms with Gasteiger partial charge in [0.2, 0.25) is 5.82 Å². The van der Waals surface area contributed by atoms with Crippen LogP contribution in [-0.2, 0) is 0 Å². The van der Waals surface area contributed by atoms with E-state index in [-0.39, 0.29) is 5.82 Å². The monoisotopic (exact) mass is 217 g/mol. The van der Waals surface area contributed by atoms with Gasteiger partial charge in [0.1, 0.15) is 10.7 Å². The quantitative estimate of drug-likeness (QED) is 0.624. The fourth-order valence-electron chi connectivity index (χ4n) is 0.400. The zero-order valence-corrected chi connectivity index (χ0v) is 7.02. The number of aromatic nitrogens is 2. The van der Waals surface area contributed by atoms with E-state index >= 15 is 0 Å². The minimum atomic E-state index is 0.108. The van der Waals surface area contributed by atoms with Gasteiger partial charge in [-0.05, 0) is 15.9 Å².